The molecule has 72 heavy (non-hydrogen) atoms. The van der Waals surface area contributed by atoms with Crippen LogP contribution in [0, 0.1) is 23.7 Å². The summed E-state index contributed by atoms with van der Waals surface area (Å²) in [5.74, 6) is -6.45. The van der Waals surface area contributed by atoms with Crippen LogP contribution in [0.1, 0.15) is 129 Å². The van der Waals surface area contributed by atoms with Crippen molar-refractivity contribution in [3.63, 3.8) is 0 Å². The average Bonchev–Trinajstić information content (AvgIpc) is 3.30. The second kappa shape index (κ2) is 32.1. The summed E-state index contributed by atoms with van der Waals surface area (Å²) in [6, 6.07) is -7.98. The lowest BCUT2D eigenvalue weighted by atomic mass is 9.92. The highest BCUT2D eigenvalue weighted by Crippen LogP contribution is 2.23. The topological polar surface area (TPSA) is 265 Å². The molecule has 0 saturated heterocycles. The molecule has 1 unspecified atom stereocenters. The third-order valence-corrected chi connectivity index (χ3v) is 12.5. The number of hydrogen-bond acceptors (Lipinski definition) is 12. The molecule has 0 fully saturated rings. The van der Waals surface area contributed by atoms with Crippen molar-refractivity contribution in [2.24, 2.45) is 23.7 Å². The zero-order chi connectivity index (χ0) is 56.0. The summed E-state index contributed by atoms with van der Waals surface area (Å²) in [6.07, 6.45) is 3.17. The van der Waals surface area contributed by atoms with Crippen LogP contribution in [-0.4, -0.2) is 187 Å². The van der Waals surface area contributed by atoms with E-state index in [0.717, 1.165) is 9.80 Å². The predicted molar refractivity (Wildman–Crippen MR) is 275 cm³/mol. The van der Waals surface area contributed by atoms with Crippen LogP contribution in [0.2, 0.25) is 0 Å². The number of ether oxygens (including phenoxy) is 2. The van der Waals surface area contributed by atoms with Gasteiger partial charge in [-0.1, -0.05) is 67.5 Å². The molecule has 6 N–H and O–H groups in total. The first-order valence-electron chi connectivity index (χ1n) is 25.3. The van der Waals surface area contributed by atoms with Gasteiger partial charge in [0, 0.05) is 54.7 Å². The number of hydrogen-bond donors (Lipinski definition) is 6. The van der Waals surface area contributed by atoms with E-state index in [1.807, 2.05) is 46.8 Å². The molecule has 414 valence electrons. The van der Waals surface area contributed by atoms with Crippen molar-refractivity contribution in [2.45, 2.75) is 183 Å². The molecule has 0 spiro atoms. The number of aliphatic hydroxyl groups excluding tert-OH is 1. The number of amides is 9. The Balaban J connectivity index is 6.79. The minimum atomic E-state index is -1.32. The molecule has 9 amide bonds. The standard InChI is InChI=1S/C51H93N9O12/c1-20-23-24-33(10)43(63)42(60(19)39(61)26-31(6)7)48(68)55-36(21-2)49(69)57(16)28-40(62)58(17)38(27-51(13,14)72-29-71-22-3)47(67)56-41(32(8)9)50(70)59(18)37(25-30(4)5)46(66)54-35(12)45(65)53-34(11)44(64)52-15/h20,23,30-38,41-43,63H,21-22,24-29H2,1-19H3,(H,52,64)(H,53,65)(H,54,66)(H,55,68)(H,56,67)/b23-20+/t33-,34+,35-,36+,37+,38+,41+,42?,43-/m1/s1. The summed E-state index contributed by atoms with van der Waals surface area (Å²) in [5.41, 5.74) is -1.07. The van der Waals surface area contributed by atoms with E-state index in [-0.39, 0.29) is 50.2 Å². The molecule has 0 aromatic heterocycles. The molecule has 0 heterocycles. The Bertz CT molecular complexity index is 1830. The highest BCUT2D eigenvalue weighted by Gasteiger charge is 2.41. The lowest BCUT2D eigenvalue weighted by Crippen LogP contribution is -2.61. The maximum absolute atomic E-state index is 14.6. The number of aliphatic hydroxyl groups is 1. The number of nitrogens with zero attached hydrogens (tertiary/aromatic N) is 4. The lowest BCUT2D eigenvalue weighted by Gasteiger charge is -2.37. The fourth-order valence-electron chi connectivity index (χ4n) is 7.67. The zero-order valence-electron chi connectivity index (χ0n) is 47.0. The number of carbonyl (C=O) groups is 9. The van der Waals surface area contributed by atoms with Crippen LogP contribution in [0.25, 0.3) is 0 Å². The van der Waals surface area contributed by atoms with Crippen LogP contribution in [0.4, 0.5) is 0 Å². The summed E-state index contributed by atoms with van der Waals surface area (Å²) in [7, 11) is 7.08. The van der Waals surface area contributed by atoms with Crippen LogP contribution in [0.5, 0.6) is 0 Å². The van der Waals surface area contributed by atoms with E-state index in [2.05, 4.69) is 26.6 Å². The van der Waals surface area contributed by atoms with Crippen molar-refractivity contribution >= 4 is 53.2 Å². The van der Waals surface area contributed by atoms with Crippen LogP contribution < -0.4 is 26.6 Å². The van der Waals surface area contributed by atoms with Crippen LogP contribution >= 0.6 is 0 Å². The predicted octanol–water partition coefficient (Wildman–Crippen LogP) is 1.95. The van der Waals surface area contributed by atoms with E-state index in [9.17, 15) is 48.3 Å². The molecule has 0 aliphatic heterocycles. The molecule has 0 aliphatic rings. The Morgan fingerprint density at radius 2 is 1.22 bits per heavy atom. The molecule has 0 saturated carbocycles. The molecule has 21 heteroatoms. The zero-order valence-corrected chi connectivity index (χ0v) is 47.0. The van der Waals surface area contributed by atoms with Gasteiger partial charge in [-0.2, -0.15) is 0 Å². The van der Waals surface area contributed by atoms with E-state index >= 15 is 0 Å². The van der Waals surface area contributed by atoms with Crippen LogP contribution in [0.3, 0.4) is 0 Å². The van der Waals surface area contributed by atoms with Gasteiger partial charge in [-0.25, -0.2) is 0 Å². The van der Waals surface area contributed by atoms with Crippen molar-refractivity contribution in [1.29, 1.82) is 0 Å². The lowest BCUT2D eigenvalue weighted by molar-refractivity contribution is -0.153. The first-order valence-corrected chi connectivity index (χ1v) is 25.3. The Morgan fingerprint density at radius 1 is 0.667 bits per heavy atom. The van der Waals surface area contributed by atoms with E-state index in [1.165, 1.54) is 58.9 Å². The van der Waals surface area contributed by atoms with E-state index in [4.69, 9.17) is 9.47 Å². The van der Waals surface area contributed by atoms with Gasteiger partial charge in [-0.15, -0.1) is 0 Å². The molecule has 21 nitrogen and oxygen atoms in total. The minimum absolute atomic E-state index is 0.0192. The Hall–Kier alpha value is -5.15. The first kappa shape index (κ1) is 66.9. The van der Waals surface area contributed by atoms with Crippen molar-refractivity contribution in [1.82, 2.24) is 46.2 Å². The third-order valence-electron chi connectivity index (χ3n) is 12.5. The van der Waals surface area contributed by atoms with E-state index in [1.54, 1.807) is 48.5 Å². The second-order valence-corrected chi connectivity index (χ2v) is 20.6. The van der Waals surface area contributed by atoms with Crippen molar-refractivity contribution in [3.05, 3.63) is 12.2 Å². The van der Waals surface area contributed by atoms with Gasteiger partial charge in [-0.05, 0) is 84.5 Å². The summed E-state index contributed by atoms with van der Waals surface area (Å²) in [4.78, 5) is 128. The Labute approximate surface area is 430 Å². The Kier molecular flexibility index (Phi) is 29.8. The SMILES string of the molecule is C/C=C/C[C@@H](C)[C@@H](O)C(C(=O)N[C@@H](CC)C(=O)N(C)CC(=O)N(C)[C@@H](CC(C)(C)OCOCC)C(=O)N[C@H](C(=O)N(C)[C@@H](CC(C)C)C(=O)N[C@H](C)C(=O)N[C@@H](C)C(=O)NC)C(C)C)N(C)C(=O)CC(C)C. The highest BCUT2D eigenvalue weighted by atomic mass is 16.7. The molecular weight excluding hydrogens is 931 g/mol. The second-order valence-electron chi connectivity index (χ2n) is 20.6. The molecule has 0 bridgehead atoms. The van der Waals surface area contributed by atoms with E-state index in [0.29, 0.717) is 13.0 Å². The van der Waals surface area contributed by atoms with Gasteiger partial charge in [0.2, 0.25) is 53.2 Å². The minimum Gasteiger partial charge on any atom is -0.390 e. The van der Waals surface area contributed by atoms with Gasteiger partial charge in [-0.3, -0.25) is 43.2 Å². The number of allylic oxidation sites excluding steroid dienone is 2. The van der Waals surface area contributed by atoms with Crippen molar-refractivity contribution in [3.8, 4) is 0 Å². The van der Waals surface area contributed by atoms with Gasteiger partial charge in [0.15, 0.2) is 0 Å². The molecule has 0 aromatic carbocycles. The summed E-state index contributed by atoms with van der Waals surface area (Å²) in [5, 5.41) is 24.6. The number of likely N-dealkylation sites (N-methyl/N-ethyl adjacent to an activating group) is 5. The maximum atomic E-state index is 14.6. The highest BCUT2D eigenvalue weighted by molar-refractivity contribution is 5.97. The first-order chi connectivity index (χ1) is 33.3. The summed E-state index contributed by atoms with van der Waals surface area (Å²) < 4.78 is 11.4. The van der Waals surface area contributed by atoms with Crippen molar-refractivity contribution in [2.75, 3.05) is 55.2 Å². The Morgan fingerprint density at radius 3 is 1.72 bits per heavy atom. The molecule has 0 radical (unpaired) electrons. The molecular formula is C51H93N9O12. The van der Waals surface area contributed by atoms with E-state index < -0.39 is 120 Å². The van der Waals surface area contributed by atoms with Gasteiger partial charge in [0.25, 0.3) is 0 Å². The van der Waals surface area contributed by atoms with Crippen molar-refractivity contribution < 1.29 is 57.7 Å². The van der Waals surface area contributed by atoms with Gasteiger partial charge in [0.1, 0.15) is 49.1 Å². The third kappa shape index (κ3) is 21.9. The summed E-state index contributed by atoms with van der Waals surface area (Å²) >= 11 is 0. The summed E-state index contributed by atoms with van der Waals surface area (Å²) in [6.45, 7) is 24.0. The quantitative estimate of drug-likeness (QED) is 0.0321. The smallest absolute Gasteiger partial charge is 0.246 e. The molecule has 0 rings (SSSR count). The number of rotatable bonds is 32. The maximum Gasteiger partial charge on any atom is 0.246 e. The molecule has 0 aromatic rings. The number of nitrogens with one attached hydrogen (secondary N) is 5. The van der Waals surface area contributed by atoms with Gasteiger partial charge in [0.05, 0.1) is 18.2 Å². The van der Waals surface area contributed by atoms with Crippen LogP contribution in [-0.2, 0) is 52.6 Å². The largest absolute Gasteiger partial charge is 0.390 e. The fourth-order valence-corrected chi connectivity index (χ4v) is 7.67. The van der Waals surface area contributed by atoms with Crippen LogP contribution in [0.15, 0.2) is 12.2 Å². The average molecular weight is 1020 g/mol. The monoisotopic (exact) mass is 1020 g/mol. The normalized spacial score (nSPS) is 15.5. The van der Waals surface area contributed by atoms with Gasteiger partial charge < -0.3 is 60.8 Å². The molecule has 0 aliphatic carbocycles. The number of carbonyl (C=O) groups excluding carboxylic acids is 9. The van der Waals surface area contributed by atoms with Gasteiger partial charge >= 0.3 is 0 Å². The molecule has 9 atom stereocenters. The fraction of sp³-hybridized carbons (Fsp3) is 0.784.